The quantitative estimate of drug-likeness (QED) is 0.585. The Bertz CT molecular complexity index is 559. The fourth-order valence-corrected chi connectivity index (χ4v) is 2.23. The molecule has 0 saturated carbocycles. The fraction of sp³-hybridized carbons (Fsp3) is 0.364. The van der Waals surface area contributed by atoms with Crippen LogP contribution in [0.5, 0.6) is 0 Å². The van der Waals surface area contributed by atoms with Crippen LogP contribution in [-0.4, -0.2) is 19.5 Å². The van der Waals surface area contributed by atoms with Gasteiger partial charge in [-0.3, -0.25) is 0 Å². The Hall–Kier alpha value is -1.95. The molecule has 0 saturated heterocycles. The number of fused-ring (bicyclic) bond motifs is 1. The number of hydrogen-bond donors (Lipinski definition) is 2. The van der Waals surface area contributed by atoms with Gasteiger partial charge in [-0.1, -0.05) is 0 Å². The maximum absolute atomic E-state index is 5.52. The van der Waals surface area contributed by atoms with Crippen molar-refractivity contribution in [3.63, 3.8) is 0 Å². The van der Waals surface area contributed by atoms with Gasteiger partial charge in [-0.2, -0.15) is 0 Å². The first-order valence-corrected chi connectivity index (χ1v) is 5.63. The van der Waals surface area contributed by atoms with Gasteiger partial charge in [-0.15, -0.1) is 0 Å². The highest BCUT2D eigenvalue weighted by Gasteiger charge is 2.20. The lowest BCUT2D eigenvalue weighted by Gasteiger charge is -2.08. The van der Waals surface area contributed by atoms with E-state index in [2.05, 4.69) is 20.4 Å². The predicted molar refractivity (Wildman–Crippen MR) is 64.1 cm³/mol. The highest BCUT2D eigenvalue weighted by molar-refractivity contribution is 5.55. The molecule has 6 nitrogen and oxygen atoms in total. The third-order valence-corrected chi connectivity index (χ3v) is 3.09. The van der Waals surface area contributed by atoms with Crippen LogP contribution >= 0.6 is 0 Å². The van der Waals surface area contributed by atoms with Crippen LogP contribution in [0.4, 0.5) is 5.82 Å². The van der Waals surface area contributed by atoms with E-state index in [4.69, 9.17) is 5.84 Å². The molecule has 3 rings (SSSR count). The van der Waals surface area contributed by atoms with Gasteiger partial charge in [0.1, 0.15) is 5.82 Å². The van der Waals surface area contributed by atoms with Crippen LogP contribution in [-0.2, 0) is 19.9 Å². The molecule has 1 aliphatic carbocycles. The van der Waals surface area contributed by atoms with Gasteiger partial charge < -0.3 is 9.99 Å². The number of nitrogens with two attached hydrogens (primary N) is 1. The standard InChI is InChI=1S/C11H14N6/c1-17-6-5-13-11(17)10-14-8-4-2-3-7(8)9(15-10)16-12/h5-6H,2-4,12H2,1H3,(H,14,15,16). The van der Waals surface area contributed by atoms with E-state index in [-0.39, 0.29) is 0 Å². The fourth-order valence-electron chi connectivity index (χ4n) is 2.23. The first-order valence-electron chi connectivity index (χ1n) is 5.63. The number of rotatable bonds is 2. The molecule has 1 aliphatic rings. The van der Waals surface area contributed by atoms with E-state index in [0.717, 1.165) is 42.2 Å². The molecular weight excluding hydrogens is 216 g/mol. The average molecular weight is 230 g/mol. The van der Waals surface area contributed by atoms with E-state index < -0.39 is 0 Å². The van der Waals surface area contributed by atoms with Crippen LogP contribution in [0.3, 0.4) is 0 Å². The van der Waals surface area contributed by atoms with Crippen molar-refractivity contribution in [2.75, 3.05) is 5.43 Å². The van der Waals surface area contributed by atoms with Gasteiger partial charge in [0, 0.05) is 30.7 Å². The summed E-state index contributed by atoms with van der Waals surface area (Å²) >= 11 is 0. The summed E-state index contributed by atoms with van der Waals surface area (Å²) in [6.45, 7) is 0. The number of imidazole rings is 1. The molecule has 0 aromatic carbocycles. The molecule has 17 heavy (non-hydrogen) atoms. The predicted octanol–water partition coefficient (Wildman–Crippen LogP) is 0.651. The molecule has 0 amide bonds. The average Bonchev–Trinajstić information content (AvgIpc) is 2.95. The van der Waals surface area contributed by atoms with Gasteiger partial charge in [0.25, 0.3) is 0 Å². The molecule has 2 aromatic heterocycles. The SMILES string of the molecule is Cn1ccnc1-c1nc2c(c(NN)n1)CCC2. The summed E-state index contributed by atoms with van der Waals surface area (Å²) in [6, 6.07) is 0. The van der Waals surface area contributed by atoms with Gasteiger partial charge in [-0.05, 0) is 19.3 Å². The van der Waals surface area contributed by atoms with E-state index >= 15 is 0 Å². The van der Waals surface area contributed by atoms with Crippen molar-refractivity contribution in [2.45, 2.75) is 19.3 Å². The number of hydrogen-bond acceptors (Lipinski definition) is 5. The third kappa shape index (κ3) is 1.57. The van der Waals surface area contributed by atoms with Gasteiger partial charge in [0.15, 0.2) is 11.6 Å². The van der Waals surface area contributed by atoms with Gasteiger partial charge in [0.05, 0.1) is 0 Å². The molecule has 0 atom stereocenters. The minimum atomic E-state index is 0.631. The zero-order chi connectivity index (χ0) is 11.8. The van der Waals surface area contributed by atoms with Gasteiger partial charge in [0.2, 0.25) is 0 Å². The zero-order valence-electron chi connectivity index (χ0n) is 9.64. The number of hydrazine groups is 1. The lowest BCUT2D eigenvalue weighted by atomic mass is 10.2. The summed E-state index contributed by atoms with van der Waals surface area (Å²) in [5.41, 5.74) is 4.89. The second kappa shape index (κ2) is 3.81. The summed E-state index contributed by atoms with van der Waals surface area (Å²) in [4.78, 5) is 13.3. The van der Waals surface area contributed by atoms with E-state index in [1.54, 1.807) is 6.20 Å². The van der Waals surface area contributed by atoms with Crippen molar-refractivity contribution in [2.24, 2.45) is 12.9 Å². The van der Waals surface area contributed by atoms with Crippen LogP contribution < -0.4 is 11.3 Å². The molecule has 2 aromatic rings. The number of aromatic nitrogens is 4. The molecule has 3 N–H and O–H groups in total. The molecule has 0 fully saturated rings. The van der Waals surface area contributed by atoms with Crippen molar-refractivity contribution in [3.8, 4) is 11.6 Å². The van der Waals surface area contributed by atoms with Crippen molar-refractivity contribution in [1.29, 1.82) is 0 Å². The zero-order valence-corrected chi connectivity index (χ0v) is 9.64. The van der Waals surface area contributed by atoms with Gasteiger partial charge >= 0.3 is 0 Å². The van der Waals surface area contributed by atoms with Crippen molar-refractivity contribution >= 4 is 5.82 Å². The number of nitrogen functional groups attached to an aromatic ring is 1. The number of nitrogens with one attached hydrogen (secondary N) is 1. The maximum atomic E-state index is 5.52. The maximum Gasteiger partial charge on any atom is 0.198 e. The van der Waals surface area contributed by atoms with Crippen LogP contribution in [0.25, 0.3) is 11.6 Å². The Morgan fingerprint density at radius 3 is 2.94 bits per heavy atom. The Balaban J connectivity index is 2.16. The van der Waals surface area contributed by atoms with Crippen molar-refractivity contribution < 1.29 is 0 Å². The Kier molecular flexibility index (Phi) is 2.29. The Morgan fingerprint density at radius 1 is 1.35 bits per heavy atom. The first kappa shape index (κ1) is 10.2. The third-order valence-electron chi connectivity index (χ3n) is 3.09. The van der Waals surface area contributed by atoms with Gasteiger partial charge in [-0.25, -0.2) is 20.8 Å². The molecule has 6 heteroatoms. The Labute approximate surface area is 98.9 Å². The normalized spacial score (nSPS) is 13.8. The molecule has 88 valence electrons. The van der Waals surface area contributed by atoms with Crippen molar-refractivity contribution in [3.05, 3.63) is 23.7 Å². The minimum Gasteiger partial charge on any atom is -0.331 e. The molecule has 0 bridgehead atoms. The monoisotopic (exact) mass is 230 g/mol. The smallest absolute Gasteiger partial charge is 0.198 e. The number of aryl methyl sites for hydroxylation is 2. The van der Waals surface area contributed by atoms with E-state index in [0.29, 0.717) is 5.82 Å². The summed E-state index contributed by atoms with van der Waals surface area (Å²) in [5, 5.41) is 0. The van der Waals surface area contributed by atoms with Crippen LogP contribution in [0, 0.1) is 0 Å². The lowest BCUT2D eigenvalue weighted by molar-refractivity contribution is 0.888. The largest absolute Gasteiger partial charge is 0.331 e. The van der Waals surface area contributed by atoms with E-state index in [9.17, 15) is 0 Å². The van der Waals surface area contributed by atoms with E-state index in [1.807, 2.05) is 17.8 Å². The highest BCUT2D eigenvalue weighted by atomic mass is 15.3. The van der Waals surface area contributed by atoms with E-state index in [1.165, 1.54) is 0 Å². The molecule has 0 aliphatic heterocycles. The molecule has 2 heterocycles. The molecular formula is C11H14N6. The lowest BCUT2D eigenvalue weighted by Crippen LogP contribution is -2.13. The van der Waals surface area contributed by atoms with Crippen LogP contribution in [0.1, 0.15) is 17.7 Å². The summed E-state index contributed by atoms with van der Waals surface area (Å²) in [6.07, 6.45) is 6.71. The topological polar surface area (TPSA) is 81.7 Å². The second-order valence-corrected chi connectivity index (χ2v) is 4.18. The molecule has 0 unspecified atom stereocenters. The molecule has 0 radical (unpaired) electrons. The second-order valence-electron chi connectivity index (χ2n) is 4.18. The summed E-state index contributed by atoms with van der Waals surface area (Å²) in [7, 11) is 1.93. The first-order chi connectivity index (χ1) is 8.29. The summed E-state index contributed by atoms with van der Waals surface area (Å²) in [5.74, 6) is 7.63. The highest BCUT2D eigenvalue weighted by Crippen LogP contribution is 2.27. The molecule has 0 spiro atoms. The number of anilines is 1. The Morgan fingerprint density at radius 2 is 2.24 bits per heavy atom. The van der Waals surface area contributed by atoms with Crippen LogP contribution in [0.15, 0.2) is 12.4 Å². The summed E-state index contributed by atoms with van der Waals surface area (Å²) < 4.78 is 1.90. The van der Waals surface area contributed by atoms with Crippen molar-refractivity contribution in [1.82, 2.24) is 19.5 Å². The minimum absolute atomic E-state index is 0.631. The number of nitrogens with zero attached hydrogens (tertiary/aromatic N) is 4. The van der Waals surface area contributed by atoms with Crippen LogP contribution in [0.2, 0.25) is 0 Å².